The standard InChI is InChI=1S/C18H14N2O4/c21-16-12-6-2-3-7-13(12)17(22)20(16)10-19-14-8-4-1-5-11(14)9-15(19)18(23)24/h1-8,15H,9-10H2,(H,23,24). The van der Waals surface area contributed by atoms with Crippen molar-refractivity contribution in [1.82, 2.24) is 4.90 Å². The number of carboxylic acid groups (broad SMARTS) is 1. The van der Waals surface area contributed by atoms with E-state index in [0.29, 0.717) is 17.5 Å². The Morgan fingerprint density at radius 2 is 1.58 bits per heavy atom. The Morgan fingerprint density at radius 1 is 1.00 bits per heavy atom. The fourth-order valence-electron chi connectivity index (χ4n) is 3.37. The molecule has 24 heavy (non-hydrogen) atoms. The summed E-state index contributed by atoms with van der Waals surface area (Å²) >= 11 is 0. The average Bonchev–Trinajstić information content (AvgIpc) is 3.07. The maximum absolute atomic E-state index is 12.5. The summed E-state index contributed by atoms with van der Waals surface area (Å²) in [6, 6.07) is 13.2. The Balaban J connectivity index is 1.69. The first-order chi connectivity index (χ1) is 11.6. The molecular weight excluding hydrogens is 308 g/mol. The first-order valence-corrected chi connectivity index (χ1v) is 7.60. The number of amides is 2. The summed E-state index contributed by atoms with van der Waals surface area (Å²) in [6.07, 6.45) is 0.356. The van der Waals surface area contributed by atoms with Crippen molar-refractivity contribution >= 4 is 23.5 Å². The van der Waals surface area contributed by atoms with Crippen LogP contribution in [0.25, 0.3) is 0 Å². The highest BCUT2D eigenvalue weighted by molar-refractivity contribution is 6.21. The molecule has 2 aliphatic heterocycles. The Bertz CT molecular complexity index is 842. The van der Waals surface area contributed by atoms with Crippen molar-refractivity contribution in [2.75, 3.05) is 11.6 Å². The lowest BCUT2D eigenvalue weighted by Gasteiger charge is -2.28. The molecule has 2 aromatic rings. The molecule has 0 fully saturated rings. The number of hydrogen-bond donors (Lipinski definition) is 1. The zero-order valence-corrected chi connectivity index (χ0v) is 12.7. The van der Waals surface area contributed by atoms with Gasteiger partial charge in [0.1, 0.15) is 12.7 Å². The second-order valence-corrected chi connectivity index (χ2v) is 5.88. The maximum atomic E-state index is 12.5. The fourth-order valence-corrected chi connectivity index (χ4v) is 3.37. The molecule has 6 heteroatoms. The Hall–Kier alpha value is -3.15. The van der Waals surface area contributed by atoms with Gasteiger partial charge in [0, 0.05) is 12.1 Å². The van der Waals surface area contributed by atoms with Crippen molar-refractivity contribution in [2.45, 2.75) is 12.5 Å². The van der Waals surface area contributed by atoms with Crippen LogP contribution >= 0.6 is 0 Å². The van der Waals surface area contributed by atoms with Gasteiger partial charge in [-0.05, 0) is 23.8 Å². The number of carboxylic acids is 1. The number of para-hydroxylation sites is 1. The van der Waals surface area contributed by atoms with Crippen LogP contribution in [0.1, 0.15) is 26.3 Å². The minimum Gasteiger partial charge on any atom is -0.480 e. The maximum Gasteiger partial charge on any atom is 0.326 e. The van der Waals surface area contributed by atoms with Gasteiger partial charge in [-0.25, -0.2) is 4.79 Å². The number of benzene rings is 2. The van der Waals surface area contributed by atoms with Crippen LogP contribution in [0.2, 0.25) is 0 Å². The van der Waals surface area contributed by atoms with Gasteiger partial charge < -0.3 is 10.0 Å². The number of anilines is 1. The first kappa shape index (κ1) is 14.4. The summed E-state index contributed by atoms with van der Waals surface area (Å²) in [5.74, 6) is -1.74. The van der Waals surface area contributed by atoms with Gasteiger partial charge in [-0.3, -0.25) is 14.5 Å². The van der Waals surface area contributed by atoms with E-state index in [-0.39, 0.29) is 18.5 Å². The average molecular weight is 322 g/mol. The number of hydrogen-bond acceptors (Lipinski definition) is 4. The van der Waals surface area contributed by atoms with E-state index in [4.69, 9.17) is 0 Å². The SMILES string of the molecule is O=C(O)C1Cc2ccccc2N1CN1C(=O)c2ccccc2C1=O. The van der Waals surface area contributed by atoms with Gasteiger partial charge in [0.25, 0.3) is 11.8 Å². The van der Waals surface area contributed by atoms with Crippen LogP contribution < -0.4 is 4.90 Å². The van der Waals surface area contributed by atoms with Crippen molar-refractivity contribution in [3.63, 3.8) is 0 Å². The molecule has 0 radical (unpaired) electrons. The smallest absolute Gasteiger partial charge is 0.326 e. The van der Waals surface area contributed by atoms with Gasteiger partial charge in [0.05, 0.1) is 11.1 Å². The molecule has 1 N–H and O–H groups in total. The van der Waals surface area contributed by atoms with Gasteiger partial charge in [-0.2, -0.15) is 0 Å². The van der Waals surface area contributed by atoms with Crippen LogP contribution in [0.4, 0.5) is 5.69 Å². The van der Waals surface area contributed by atoms with Crippen molar-refractivity contribution in [2.24, 2.45) is 0 Å². The zero-order chi connectivity index (χ0) is 16.8. The molecule has 0 aliphatic carbocycles. The largest absolute Gasteiger partial charge is 0.480 e. The summed E-state index contributed by atoms with van der Waals surface area (Å²) in [4.78, 5) is 39.4. The topological polar surface area (TPSA) is 77.9 Å². The molecule has 1 unspecified atom stereocenters. The predicted octanol–water partition coefficient (Wildman–Crippen LogP) is 1.76. The van der Waals surface area contributed by atoms with Gasteiger partial charge >= 0.3 is 5.97 Å². The molecule has 2 aromatic carbocycles. The van der Waals surface area contributed by atoms with Crippen molar-refractivity contribution < 1.29 is 19.5 Å². The van der Waals surface area contributed by atoms with Gasteiger partial charge in [0.15, 0.2) is 0 Å². The lowest BCUT2D eigenvalue weighted by Crippen LogP contribution is -2.47. The highest BCUT2D eigenvalue weighted by Gasteiger charge is 2.41. The summed E-state index contributed by atoms with van der Waals surface area (Å²) < 4.78 is 0. The summed E-state index contributed by atoms with van der Waals surface area (Å²) in [6.45, 7) is -0.0691. The number of carbonyl (C=O) groups excluding carboxylic acids is 2. The van der Waals surface area contributed by atoms with E-state index in [1.165, 1.54) is 0 Å². The molecule has 4 rings (SSSR count). The number of fused-ring (bicyclic) bond motifs is 2. The summed E-state index contributed by atoms with van der Waals surface area (Å²) in [7, 11) is 0. The van der Waals surface area contributed by atoms with Gasteiger partial charge in [-0.1, -0.05) is 30.3 Å². The van der Waals surface area contributed by atoms with Crippen LogP contribution in [0.5, 0.6) is 0 Å². The summed E-state index contributed by atoms with van der Waals surface area (Å²) in [5, 5.41) is 9.51. The third-order valence-electron chi connectivity index (χ3n) is 4.55. The molecule has 120 valence electrons. The molecule has 2 heterocycles. The first-order valence-electron chi connectivity index (χ1n) is 7.60. The van der Waals surface area contributed by atoms with E-state index in [1.807, 2.05) is 24.3 Å². The molecular formula is C18H14N2O4. The molecule has 0 saturated heterocycles. The number of aliphatic carboxylic acids is 1. The van der Waals surface area contributed by atoms with E-state index in [0.717, 1.165) is 16.2 Å². The molecule has 6 nitrogen and oxygen atoms in total. The Morgan fingerprint density at radius 3 is 2.21 bits per heavy atom. The number of imide groups is 1. The fraction of sp³-hybridized carbons (Fsp3) is 0.167. The summed E-state index contributed by atoms with van der Waals surface area (Å²) in [5.41, 5.74) is 2.38. The highest BCUT2D eigenvalue weighted by Crippen LogP contribution is 2.33. The van der Waals surface area contributed by atoms with Crippen molar-refractivity contribution in [1.29, 1.82) is 0 Å². The third kappa shape index (κ3) is 2.00. The van der Waals surface area contributed by atoms with Gasteiger partial charge in [0.2, 0.25) is 0 Å². The van der Waals surface area contributed by atoms with Crippen LogP contribution in [0, 0.1) is 0 Å². The lowest BCUT2D eigenvalue weighted by molar-refractivity contribution is -0.138. The lowest BCUT2D eigenvalue weighted by atomic mass is 10.1. The Kier molecular flexibility index (Phi) is 3.13. The zero-order valence-electron chi connectivity index (χ0n) is 12.7. The second-order valence-electron chi connectivity index (χ2n) is 5.88. The highest BCUT2D eigenvalue weighted by atomic mass is 16.4. The second kappa shape index (κ2) is 5.19. The Labute approximate surface area is 137 Å². The third-order valence-corrected chi connectivity index (χ3v) is 4.55. The van der Waals surface area contributed by atoms with E-state index < -0.39 is 12.0 Å². The molecule has 0 aromatic heterocycles. The quantitative estimate of drug-likeness (QED) is 0.871. The normalized spacial score (nSPS) is 18.8. The molecule has 0 saturated carbocycles. The molecule has 2 aliphatic rings. The van der Waals surface area contributed by atoms with Crippen LogP contribution in [0.3, 0.4) is 0 Å². The van der Waals surface area contributed by atoms with E-state index in [2.05, 4.69) is 0 Å². The molecule has 0 bridgehead atoms. The molecule has 1 atom stereocenters. The minimum absolute atomic E-state index is 0.0691. The predicted molar refractivity (Wildman–Crippen MR) is 85.9 cm³/mol. The number of nitrogens with zero attached hydrogens (tertiary/aromatic N) is 2. The van der Waals surface area contributed by atoms with Crippen molar-refractivity contribution in [3.8, 4) is 0 Å². The minimum atomic E-state index is -0.970. The monoisotopic (exact) mass is 322 g/mol. The number of carbonyl (C=O) groups is 3. The van der Waals surface area contributed by atoms with E-state index >= 15 is 0 Å². The van der Waals surface area contributed by atoms with E-state index in [9.17, 15) is 19.5 Å². The van der Waals surface area contributed by atoms with Gasteiger partial charge in [-0.15, -0.1) is 0 Å². The number of rotatable bonds is 3. The molecule has 0 spiro atoms. The molecule has 2 amide bonds. The van der Waals surface area contributed by atoms with Crippen molar-refractivity contribution in [3.05, 3.63) is 65.2 Å². The van der Waals surface area contributed by atoms with Crippen LogP contribution in [-0.2, 0) is 11.2 Å². The van der Waals surface area contributed by atoms with Crippen LogP contribution in [-0.4, -0.2) is 40.5 Å². The van der Waals surface area contributed by atoms with Crippen LogP contribution in [0.15, 0.2) is 48.5 Å². The van der Waals surface area contributed by atoms with E-state index in [1.54, 1.807) is 29.2 Å².